The Hall–Kier alpha value is -1.59. The minimum atomic E-state index is -1.83. The topological polar surface area (TPSA) is 145 Å². The van der Waals surface area contributed by atoms with Crippen LogP contribution in [0.4, 0.5) is 4.39 Å². The summed E-state index contributed by atoms with van der Waals surface area (Å²) in [6.45, 7) is 0.397. The van der Waals surface area contributed by atoms with E-state index in [9.17, 15) is 29.3 Å². The van der Waals surface area contributed by atoms with Gasteiger partial charge in [-0.15, -0.1) is 0 Å². The fourth-order valence-electron chi connectivity index (χ4n) is 2.14. The molecule has 1 saturated heterocycles. The van der Waals surface area contributed by atoms with Crippen LogP contribution in [-0.2, 0) is 4.74 Å². The summed E-state index contributed by atoms with van der Waals surface area (Å²) in [6, 6.07) is 0. The number of aliphatic hydroxyl groups is 4. The van der Waals surface area contributed by atoms with Gasteiger partial charge in [0.1, 0.15) is 24.4 Å². The zero-order valence-corrected chi connectivity index (χ0v) is 10.9. The van der Waals surface area contributed by atoms with Crippen LogP contribution in [0.15, 0.2) is 9.59 Å². The first-order chi connectivity index (χ1) is 9.79. The molecule has 0 spiro atoms. The first-order valence-electron chi connectivity index (χ1n) is 6.11. The molecule has 2 heterocycles. The van der Waals surface area contributed by atoms with Gasteiger partial charge in [0.25, 0.3) is 5.56 Å². The smallest absolute Gasteiger partial charge is 0.332 e. The lowest BCUT2D eigenvalue weighted by atomic mass is 9.98. The molecule has 21 heavy (non-hydrogen) atoms. The second-order valence-electron chi connectivity index (χ2n) is 4.76. The van der Waals surface area contributed by atoms with Crippen LogP contribution in [0.3, 0.4) is 0 Å². The van der Waals surface area contributed by atoms with Gasteiger partial charge in [0.2, 0.25) is 5.95 Å². The van der Waals surface area contributed by atoms with Gasteiger partial charge in [-0.05, 0) is 6.92 Å². The molecule has 10 heteroatoms. The summed E-state index contributed by atoms with van der Waals surface area (Å²) in [5.41, 5.74) is -2.53. The Morgan fingerprint density at radius 1 is 1.24 bits per heavy atom. The van der Waals surface area contributed by atoms with E-state index in [2.05, 4.69) is 0 Å². The van der Waals surface area contributed by atoms with Crippen molar-refractivity contribution >= 4 is 0 Å². The highest BCUT2D eigenvalue weighted by Crippen LogP contribution is 2.27. The standard InChI is InChI=1S/C11H15FN2O7/c1-3-8(12)14(11(20)13-9(3)19)10-7(18)6(17)5(16)4(2-15)21-10/h4-7,10,15-18H,2H2,1H3,(H,13,19,20). The van der Waals surface area contributed by atoms with Crippen LogP contribution in [0.5, 0.6) is 0 Å². The number of ether oxygens (including phenoxy) is 1. The van der Waals surface area contributed by atoms with Gasteiger partial charge in [0.15, 0.2) is 6.23 Å². The second kappa shape index (κ2) is 5.66. The predicted molar refractivity (Wildman–Crippen MR) is 65.0 cm³/mol. The van der Waals surface area contributed by atoms with Crippen molar-refractivity contribution in [2.75, 3.05) is 6.61 Å². The van der Waals surface area contributed by atoms with Crippen molar-refractivity contribution < 1.29 is 29.6 Å². The Labute approximate surface area is 116 Å². The molecule has 0 aliphatic carbocycles. The monoisotopic (exact) mass is 306 g/mol. The maximum Gasteiger partial charge on any atom is 0.332 e. The lowest BCUT2D eigenvalue weighted by Crippen LogP contribution is -2.58. The molecular weight excluding hydrogens is 291 g/mol. The minimum Gasteiger partial charge on any atom is -0.394 e. The molecule has 118 valence electrons. The van der Waals surface area contributed by atoms with Crippen molar-refractivity contribution in [2.45, 2.75) is 37.6 Å². The molecule has 0 bridgehead atoms. The number of aliphatic hydroxyl groups excluding tert-OH is 4. The molecule has 5 N–H and O–H groups in total. The molecule has 0 amide bonds. The van der Waals surface area contributed by atoms with Crippen molar-refractivity contribution in [2.24, 2.45) is 0 Å². The zero-order chi connectivity index (χ0) is 15.9. The summed E-state index contributed by atoms with van der Waals surface area (Å²) >= 11 is 0. The average molecular weight is 306 g/mol. The molecule has 1 fully saturated rings. The molecular formula is C11H15FN2O7. The van der Waals surface area contributed by atoms with E-state index in [1.165, 1.54) is 0 Å². The third-order valence-electron chi connectivity index (χ3n) is 3.42. The summed E-state index contributed by atoms with van der Waals surface area (Å²) in [4.78, 5) is 24.8. The van der Waals surface area contributed by atoms with Crippen molar-refractivity contribution in [3.8, 4) is 0 Å². The van der Waals surface area contributed by atoms with Crippen LogP contribution in [0.1, 0.15) is 11.8 Å². The third-order valence-corrected chi connectivity index (χ3v) is 3.42. The first-order valence-corrected chi connectivity index (χ1v) is 6.11. The van der Waals surface area contributed by atoms with Crippen LogP contribution in [-0.4, -0.2) is 61.0 Å². The average Bonchev–Trinajstić information content (AvgIpc) is 2.45. The molecule has 5 atom stereocenters. The third kappa shape index (κ3) is 2.51. The van der Waals surface area contributed by atoms with Crippen molar-refractivity contribution in [1.29, 1.82) is 0 Å². The quantitative estimate of drug-likeness (QED) is 0.365. The van der Waals surface area contributed by atoms with Crippen molar-refractivity contribution in [1.82, 2.24) is 9.55 Å². The molecule has 0 radical (unpaired) electrons. The van der Waals surface area contributed by atoms with Crippen LogP contribution in [0, 0.1) is 12.9 Å². The summed E-state index contributed by atoms with van der Waals surface area (Å²) in [7, 11) is 0. The lowest BCUT2D eigenvalue weighted by molar-refractivity contribution is -0.254. The van der Waals surface area contributed by atoms with Crippen LogP contribution in [0.25, 0.3) is 0 Å². The van der Waals surface area contributed by atoms with E-state index in [1.54, 1.807) is 0 Å². The van der Waals surface area contributed by atoms with Crippen molar-refractivity contribution in [3.05, 3.63) is 32.3 Å². The number of rotatable bonds is 2. The fraction of sp³-hybridized carbons (Fsp3) is 0.636. The molecule has 1 aromatic heterocycles. The van der Waals surface area contributed by atoms with E-state index in [0.29, 0.717) is 4.57 Å². The summed E-state index contributed by atoms with van der Waals surface area (Å²) < 4.78 is 19.5. The molecule has 1 aromatic rings. The second-order valence-corrected chi connectivity index (χ2v) is 4.76. The molecule has 1 aliphatic heterocycles. The van der Waals surface area contributed by atoms with Crippen LogP contribution in [0.2, 0.25) is 0 Å². The Balaban J connectivity index is 2.53. The number of H-pyrrole nitrogens is 1. The van der Waals surface area contributed by atoms with E-state index in [-0.39, 0.29) is 0 Å². The van der Waals surface area contributed by atoms with Gasteiger partial charge in [0.05, 0.1) is 12.2 Å². The summed E-state index contributed by atoms with van der Waals surface area (Å²) in [6.07, 6.45) is -8.24. The van der Waals surface area contributed by atoms with Gasteiger partial charge in [-0.1, -0.05) is 0 Å². The molecule has 0 saturated carbocycles. The maximum absolute atomic E-state index is 14.1. The minimum absolute atomic E-state index is 0.319. The number of halogens is 1. The fourth-order valence-corrected chi connectivity index (χ4v) is 2.14. The molecule has 0 aromatic carbocycles. The van der Waals surface area contributed by atoms with Crippen molar-refractivity contribution in [3.63, 3.8) is 0 Å². The van der Waals surface area contributed by atoms with E-state index in [1.807, 2.05) is 4.98 Å². The number of hydrogen-bond acceptors (Lipinski definition) is 7. The first kappa shape index (κ1) is 15.8. The maximum atomic E-state index is 14.1. The Bertz CT molecular complexity index is 640. The highest BCUT2D eigenvalue weighted by Gasteiger charge is 2.45. The number of nitrogens with one attached hydrogen (secondary N) is 1. The summed E-state index contributed by atoms with van der Waals surface area (Å²) in [5, 5.41) is 38.2. The highest BCUT2D eigenvalue weighted by atomic mass is 19.1. The molecule has 5 unspecified atom stereocenters. The normalized spacial score (nSPS) is 33.1. The van der Waals surface area contributed by atoms with E-state index >= 15 is 0 Å². The molecule has 2 rings (SSSR count). The van der Waals surface area contributed by atoms with E-state index < -0.39 is 60.0 Å². The Morgan fingerprint density at radius 3 is 2.43 bits per heavy atom. The number of aromatic amines is 1. The largest absolute Gasteiger partial charge is 0.394 e. The Morgan fingerprint density at radius 2 is 1.86 bits per heavy atom. The molecule has 9 nitrogen and oxygen atoms in total. The van der Waals surface area contributed by atoms with E-state index in [0.717, 1.165) is 6.92 Å². The number of aromatic nitrogens is 2. The van der Waals surface area contributed by atoms with Gasteiger partial charge in [-0.3, -0.25) is 9.78 Å². The SMILES string of the molecule is Cc1c(F)n(C2OC(CO)C(O)C(O)C2O)c(=O)[nH]c1=O. The highest BCUT2D eigenvalue weighted by molar-refractivity contribution is 5.06. The lowest BCUT2D eigenvalue weighted by Gasteiger charge is -2.40. The number of nitrogens with zero attached hydrogens (tertiary/aromatic N) is 1. The van der Waals surface area contributed by atoms with Gasteiger partial charge in [0, 0.05) is 0 Å². The van der Waals surface area contributed by atoms with Crippen LogP contribution >= 0.6 is 0 Å². The van der Waals surface area contributed by atoms with Gasteiger partial charge >= 0.3 is 5.69 Å². The van der Waals surface area contributed by atoms with Crippen LogP contribution < -0.4 is 11.2 Å². The zero-order valence-electron chi connectivity index (χ0n) is 10.9. The Kier molecular flexibility index (Phi) is 4.25. The number of hydrogen-bond donors (Lipinski definition) is 5. The van der Waals surface area contributed by atoms with E-state index in [4.69, 9.17) is 9.84 Å². The van der Waals surface area contributed by atoms with Gasteiger partial charge in [-0.25, -0.2) is 9.36 Å². The van der Waals surface area contributed by atoms with Gasteiger partial charge < -0.3 is 25.2 Å². The predicted octanol–water partition coefficient (Wildman–Crippen LogP) is -3.04. The van der Waals surface area contributed by atoms with Gasteiger partial charge in [-0.2, -0.15) is 4.39 Å². The summed E-state index contributed by atoms with van der Waals surface area (Å²) in [5.74, 6) is -1.24. The molecule has 1 aliphatic rings.